The minimum atomic E-state index is -0.830. The number of hydrogen-bond donors (Lipinski definition) is 1. The minimum absolute atomic E-state index is 0.400. The van der Waals surface area contributed by atoms with Crippen LogP contribution in [0.1, 0.15) is 42.8 Å². The summed E-state index contributed by atoms with van der Waals surface area (Å²) < 4.78 is 11.2. The number of aryl methyl sites for hydroxylation is 2. The summed E-state index contributed by atoms with van der Waals surface area (Å²) >= 11 is 0. The zero-order chi connectivity index (χ0) is 18.1. The number of piperidine rings is 1. The van der Waals surface area contributed by atoms with Crippen molar-refractivity contribution in [2.45, 2.75) is 51.7 Å². The zero-order valence-corrected chi connectivity index (χ0v) is 15.4. The summed E-state index contributed by atoms with van der Waals surface area (Å²) in [5.74, 6) is 2.15. The van der Waals surface area contributed by atoms with E-state index in [1.165, 1.54) is 10.9 Å². The molecule has 0 saturated carbocycles. The van der Waals surface area contributed by atoms with Crippen molar-refractivity contribution in [3.8, 4) is 0 Å². The topological polar surface area (TPSA) is 75.5 Å². The van der Waals surface area contributed by atoms with Crippen molar-refractivity contribution >= 4 is 11.0 Å². The van der Waals surface area contributed by atoms with E-state index in [1.54, 1.807) is 6.92 Å². The predicted molar refractivity (Wildman–Crippen MR) is 97.8 cm³/mol. The van der Waals surface area contributed by atoms with Crippen LogP contribution in [-0.4, -0.2) is 38.8 Å². The average molecular weight is 355 g/mol. The lowest BCUT2D eigenvalue weighted by atomic mass is 9.89. The van der Waals surface area contributed by atoms with Gasteiger partial charge < -0.3 is 14.0 Å². The molecule has 1 N–H and O–H groups in total. The second-order valence-electron chi connectivity index (χ2n) is 7.30. The Kier molecular flexibility index (Phi) is 4.54. The SMILES string of the molecule is CCc1oc2ccccc2c1CN1CCCC(O)(Cc2nc(C)no2)C1. The largest absolute Gasteiger partial charge is 0.461 e. The Hall–Kier alpha value is -2.18. The van der Waals surface area contributed by atoms with E-state index in [9.17, 15) is 5.11 Å². The maximum Gasteiger partial charge on any atom is 0.229 e. The van der Waals surface area contributed by atoms with Gasteiger partial charge in [-0.05, 0) is 32.4 Å². The van der Waals surface area contributed by atoms with Crippen LogP contribution in [0.4, 0.5) is 0 Å². The molecule has 0 spiro atoms. The molecule has 0 aliphatic carbocycles. The maximum absolute atomic E-state index is 11.1. The van der Waals surface area contributed by atoms with Crippen LogP contribution < -0.4 is 0 Å². The summed E-state index contributed by atoms with van der Waals surface area (Å²) in [4.78, 5) is 6.56. The molecule has 1 atom stereocenters. The van der Waals surface area contributed by atoms with Gasteiger partial charge in [0.15, 0.2) is 5.82 Å². The van der Waals surface area contributed by atoms with Gasteiger partial charge in [-0.3, -0.25) is 4.90 Å². The molecule has 1 saturated heterocycles. The van der Waals surface area contributed by atoms with E-state index in [0.29, 0.717) is 24.7 Å². The Morgan fingerprint density at radius 1 is 1.31 bits per heavy atom. The van der Waals surface area contributed by atoms with Crippen LogP contribution in [0.2, 0.25) is 0 Å². The molecule has 1 aliphatic rings. The molecule has 4 rings (SSSR count). The molecule has 26 heavy (non-hydrogen) atoms. The number of para-hydroxylation sites is 1. The molecule has 0 radical (unpaired) electrons. The Morgan fingerprint density at radius 3 is 2.92 bits per heavy atom. The van der Waals surface area contributed by atoms with Gasteiger partial charge in [-0.2, -0.15) is 4.98 Å². The van der Waals surface area contributed by atoms with E-state index >= 15 is 0 Å². The van der Waals surface area contributed by atoms with Crippen molar-refractivity contribution in [3.05, 3.63) is 47.3 Å². The van der Waals surface area contributed by atoms with Gasteiger partial charge in [-0.25, -0.2) is 0 Å². The van der Waals surface area contributed by atoms with Crippen molar-refractivity contribution in [1.29, 1.82) is 0 Å². The van der Waals surface area contributed by atoms with Crippen LogP contribution in [0, 0.1) is 6.92 Å². The first kappa shape index (κ1) is 17.2. The summed E-state index contributed by atoms with van der Waals surface area (Å²) in [6.45, 7) is 6.25. The van der Waals surface area contributed by atoms with E-state index in [4.69, 9.17) is 8.94 Å². The molecular weight excluding hydrogens is 330 g/mol. The molecule has 1 fully saturated rings. The number of furan rings is 1. The molecule has 1 aromatic carbocycles. The fourth-order valence-electron chi connectivity index (χ4n) is 4.01. The number of fused-ring (bicyclic) bond motifs is 1. The van der Waals surface area contributed by atoms with Crippen molar-refractivity contribution < 1.29 is 14.0 Å². The van der Waals surface area contributed by atoms with Crippen molar-refractivity contribution in [1.82, 2.24) is 15.0 Å². The van der Waals surface area contributed by atoms with Gasteiger partial charge in [0, 0.05) is 30.5 Å². The summed E-state index contributed by atoms with van der Waals surface area (Å²) in [6, 6.07) is 8.18. The molecule has 138 valence electrons. The lowest BCUT2D eigenvalue weighted by Gasteiger charge is -2.38. The zero-order valence-electron chi connectivity index (χ0n) is 15.4. The standard InChI is InChI=1S/C20H25N3O3/c1-3-17-16(15-7-4-5-8-18(15)25-17)12-23-10-6-9-20(24,13-23)11-19-21-14(2)22-26-19/h4-5,7-8,24H,3,6,9-13H2,1-2H3. The maximum atomic E-state index is 11.1. The molecule has 2 aromatic heterocycles. The third-order valence-electron chi connectivity index (χ3n) is 5.17. The smallest absolute Gasteiger partial charge is 0.229 e. The van der Waals surface area contributed by atoms with Gasteiger partial charge >= 0.3 is 0 Å². The van der Waals surface area contributed by atoms with Crippen LogP contribution in [-0.2, 0) is 19.4 Å². The molecule has 1 unspecified atom stereocenters. The second-order valence-corrected chi connectivity index (χ2v) is 7.30. The number of hydrogen-bond acceptors (Lipinski definition) is 6. The summed E-state index contributed by atoms with van der Waals surface area (Å²) in [7, 11) is 0. The lowest BCUT2D eigenvalue weighted by molar-refractivity contribution is -0.0373. The quantitative estimate of drug-likeness (QED) is 0.757. The molecule has 6 nitrogen and oxygen atoms in total. The fraction of sp³-hybridized carbons (Fsp3) is 0.500. The van der Waals surface area contributed by atoms with E-state index < -0.39 is 5.60 Å². The van der Waals surface area contributed by atoms with Gasteiger partial charge in [0.2, 0.25) is 5.89 Å². The summed E-state index contributed by atoms with van der Waals surface area (Å²) in [6.07, 6.45) is 2.96. The van der Waals surface area contributed by atoms with Crippen LogP contribution in [0.5, 0.6) is 0 Å². The second kappa shape index (κ2) is 6.85. The Morgan fingerprint density at radius 2 is 2.15 bits per heavy atom. The third-order valence-corrected chi connectivity index (χ3v) is 5.17. The highest BCUT2D eigenvalue weighted by Gasteiger charge is 2.35. The predicted octanol–water partition coefficient (Wildman–Crippen LogP) is 3.26. The number of β-amino-alcohol motifs (C(OH)–C–C–N with tert-alkyl or cyclic N) is 1. The molecule has 3 aromatic rings. The van der Waals surface area contributed by atoms with Crippen LogP contribution in [0.15, 0.2) is 33.2 Å². The number of aliphatic hydroxyl groups is 1. The fourth-order valence-corrected chi connectivity index (χ4v) is 4.01. The molecule has 0 bridgehead atoms. The first-order chi connectivity index (χ1) is 12.6. The number of rotatable bonds is 5. The van der Waals surface area contributed by atoms with Gasteiger partial charge in [-0.15, -0.1) is 0 Å². The van der Waals surface area contributed by atoms with Gasteiger partial charge in [0.1, 0.15) is 11.3 Å². The normalized spacial score (nSPS) is 21.5. The van der Waals surface area contributed by atoms with Crippen LogP contribution in [0.3, 0.4) is 0 Å². The molecule has 1 aliphatic heterocycles. The van der Waals surface area contributed by atoms with E-state index in [0.717, 1.165) is 43.7 Å². The Bertz CT molecular complexity index is 901. The Labute approximate surface area is 152 Å². The van der Waals surface area contributed by atoms with Crippen molar-refractivity contribution in [2.75, 3.05) is 13.1 Å². The third kappa shape index (κ3) is 3.39. The highest BCUT2D eigenvalue weighted by atomic mass is 16.5. The Balaban J connectivity index is 1.53. The van der Waals surface area contributed by atoms with Gasteiger partial charge in [0.05, 0.1) is 12.0 Å². The van der Waals surface area contributed by atoms with E-state index in [-0.39, 0.29) is 0 Å². The van der Waals surface area contributed by atoms with E-state index in [1.807, 2.05) is 18.2 Å². The van der Waals surface area contributed by atoms with E-state index in [2.05, 4.69) is 28.0 Å². The first-order valence-electron chi connectivity index (χ1n) is 9.29. The van der Waals surface area contributed by atoms with Crippen LogP contribution in [0.25, 0.3) is 11.0 Å². The van der Waals surface area contributed by atoms with Crippen LogP contribution >= 0.6 is 0 Å². The first-order valence-corrected chi connectivity index (χ1v) is 9.29. The molecule has 0 amide bonds. The summed E-state index contributed by atoms with van der Waals surface area (Å²) in [5.41, 5.74) is 1.34. The lowest BCUT2D eigenvalue weighted by Crippen LogP contribution is -2.49. The van der Waals surface area contributed by atoms with Crippen molar-refractivity contribution in [2.24, 2.45) is 0 Å². The number of likely N-dealkylation sites (tertiary alicyclic amines) is 1. The van der Waals surface area contributed by atoms with Gasteiger partial charge in [0.25, 0.3) is 0 Å². The summed E-state index contributed by atoms with van der Waals surface area (Å²) in [5, 5.41) is 16.1. The molecule has 3 heterocycles. The number of aromatic nitrogens is 2. The number of benzene rings is 1. The number of nitrogens with zero attached hydrogens (tertiary/aromatic N) is 3. The van der Waals surface area contributed by atoms with Gasteiger partial charge in [-0.1, -0.05) is 30.3 Å². The highest BCUT2D eigenvalue weighted by molar-refractivity contribution is 5.82. The van der Waals surface area contributed by atoms with Crippen molar-refractivity contribution in [3.63, 3.8) is 0 Å². The highest BCUT2D eigenvalue weighted by Crippen LogP contribution is 2.31. The minimum Gasteiger partial charge on any atom is -0.461 e. The average Bonchev–Trinajstić information content (AvgIpc) is 3.18. The monoisotopic (exact) mass is 355 g/mol. The molecule has 6 heteroatoms. The molecular formula is C20H25N3O3.